The van der Waals surface area contributed by atoms with Crippen LogP contribution in [-0.2, 0) is 18.9 Å². The van der Waals surface area contributed by atoms with Gasteiger partial charge >= 0.3 is 0 Å². The molecule has 0 unspecified atom stereocenters. The Morgan fingerprint density at radius 3 is 2.58 bits per heavy atom. The van der Waals surface area contributed by atoms with Crippen molar-refractivity contribution < 1.29 is 44.5 Å². The van der Waals surface area contributed by atoms with Crippen LogP contribution in [0.2, 0.25) is 0 Å². The number of aliphatic hydroxyl groups is 5. The molecule has 0 aromatic carbocycles. The van der Waals surface area contributed by atoms with Crippen LogP contribution in [0.4, 0.5) is 0 Å². The first-order chi connectivity index (χ1) is 11.5. The van der Waals surface area contributed by atoms with Crippen molar-refractivity contribution in [1.82, 2.24) is 0 Å². The van der Waals surface area contributed by atoms with Crippen LogP contribution < -0.4 is 0 Å². The summed E-state index contributed by atoms with van der Waals surface area (Å²) in [6.07, 6.45) is -3.55. The Balaban J connectivity index is 1.51. The van der Waals surface area contributed by atoms with Gasteiger partial charge in [-0.2, -0.15) is 0 Å². The van der Waals surface area contributed by atoms with E-state index in [9.17, 15) is 25.5 Å². The third-order valence-electron chi connectivity index (χ3n) is 5.56. The molecule has 24 heavy (non-hydrogen) atoms. The average molecular weight is 346 g/mol. The molecule has 4 rings (SSSR count). The van der Waals surface area contributed by atoms with Crippen LogP contribution in [0.15, 0.2) is 12.3 Å². The molecular weight excluding hydrogens is 324 g/mol. The summed E-state index contributed by atoms with van der Waals surface area (Å²) in [6.45, 7) is -0.696. The van der Waals surface area contributed by atoms with Crippen LogP contribution in [0, 0.1) is 11.8 Å². The molecular formula is C15H22O9. The summed E-state index contributed by atoms with van der Waals surface area (Å²) in [4.78, 5) is 0. The number of aliphatic hydroxyl groups excluding tert-OH is 5. The summed E-state index contributed by atoms with van der Waals surface area (Å²) in [5.41, 5.74) is -0.714. The molecule has 136 valence electrons. The fourth-order valence-corrected chi connectivity index (χ4v) is 4.14. The van der Waals surface area contributed by atoms with Crippen molar-refractivity contribution >= 4 is 0 Å². The van der Waals surface area contributed by atoms with Crippen LogP contribution >= 0.6 is 0 Å². The zero-order valence-electron chi connectivity index (χ0n) is 12.8. The van der Waals surface area contributed by atoms with E-state index in [1.165, 1.54) is 6.26 Å². The Hall–Kier alpha value is -0.780. The number of hydrogen-bond donors (Lipinski definition) is 5. The van der Waals surface area contributed by atoms with Gasteiger partial charge < -0.3 is 44.5 Å². The number of hydrogen-bond acceptors (Lipinski definition) is 9. The van der Waals surface area contributed by atoms with Gasteiger partial charge in [0, 0.05) is 0 Å². The van der Waals surface area contributed by atoms with Gasteiger partial charge in [0.2, 0.25) is 6.29 Å². The second-order valence-electron chi connectivity index (χ2n) is 6.81. The van der Waals surface area contributed by atoms with E-state index in [2.05, 4.69) is 0 Å². The summed E-state index contributed by atoms with van der Waals surface area (Å²) >= 11 is 0. The Morgan fingerprint density at radius 2 is 1.88 bits per heavy atom. The summed E-state index contributed by atoms with van der Waals surface area (Å²) in [7, 11) is 0. The molecule has 4 aliphatic rings. The van der Waals surface area contributed by atoms with Crippen LogP contribution in [0.5, 0.6) is 0 Å². The summed E-state index contributed by atoms with van der Waals surface area (Å²) in [6, 6.07) is 0. The topological polar surface area (TPSA) is 141 Å². The monoisotopic (exact) mass is 346 g/mol. The predicted molar refractivity (Wildman–Crippen MR) is 75.2 cm³/mol. The minimum absolute atomic E-state index is 0.0512. The quantitative estimate of drug-likeness (QED) is 0.348. The van der Waals surface area contributed by atoms with Crippen LogP contribution in [-0.4, -0.2) is 87.4 Å². The Kier molecular flexibility index (Phi) is 4.09. The van der Waals surface area contributed by atoms with Gasteiger partial charge in [0.15, 0.2) is 6.29 Å². The molecule has 0 aromatic rings. The molecule has 1 aliphatic carbocycles. The normalized spacial score (nSPS) is 55.6. The molecule has 10 atom stereocenters. The van der Waals surface area contributed by atoms with Gasteiger partial charge in [0.25, 0.3) is 0 Å². The van der Waals surface area contributed by atoms with E-state index in [1.807, 2.05) is 6.08 Å². The molecule has 0 bridgehead atoms. The van der Waals surface area contributed by atoms with Gasteiger partial charge in [-0.3, -0.25) is 0 Å². The zero-order valence-corrected chi connectivity index (χ0v) is 12.8. The van der Waals surface area contributed by atoms with Crippen molar-refractivity contribution in [2.24, 2.45) is 11.8 Å². The first kappa shape index (κ1) is 16.7. The molecule has 0 aromatic heterocycles. The summed E-state index contributed by atoms with van der Waals surface area (Å²) in [5, 5.41) is 48.7. The maximum Gasteiger partial charge on any atom is 0.208 e. The van der Waals surface area contributed by atoms with Gasteiger partial charge in [0.1, 0.15) is 30.0 Å². The number of fused-ring (bicyclic) bond motifs is 3. The molecule has 3 aliphatic heterocycles. The minimum atomic E-state index is -1.52. The summed E-state index contributed by atoms with van der Waals surface area (Å²) in [5.74, 6) is -0.163. The van der Waals surface area contributed by atoms with Gasteiger partial charge in [-0.1, -0.05) is 0 Å². The highest BCUT2D eigenvalue weighted by atomic mass is 16.8. The second kappa shape index (κ2) is 5.89. The van der Waals surface area contributed by atoms with Crippen molar-refractivity contribution in [3.63, 3.8) is 0 Å². The lowest BCUT2D eigenvalue weighted by atomic mass is 9.86. The standard InChI is InChI=1S/C15H22O9/c16-4-7-10(18)11(19)12(20)14(22-7)23-13-9-6(1-2-21-13)3-8-15(9,5-17)24-8/h1-2,6-14,16-20H,3-5H2/t6-,7+,8-,9+,10+,11-,12+,13-,14-,15-/m0/s1. The average Bonchev–Trinajstić information content (AvgIpc) is 3.20. The first-order valence-corrected chi connectivity index (χ1v) is 8.08. The molecule has 2 saturated heterocycles. The van der Waals surface area contributed by atoms with E-state index in [4.69, 9.17) is 18.9 Å². The molecule has 9 nitrogen and oxygen atoms in total. The third-order valence-corrected chi connectivity index (χ3v) is 5.56. The van der Waals surface area contributed by atoms with Crippen molar-refractivity contribution in [2.75, 3.05) is 13.2 Å². The molecule has 5 N–H and O–H groups in total. The number of rotatable bonds is 4. The van der Waals surface area contributed by atoms with E-state index in [0.29, 0.717) is 0 Å². The van der Waals surface area contributed by atoms with Gasteiger partial charge in [-0.15, -0.1) is 0 Å². The second-order valence-corrected chi connectivity index (χ2v) is 6.81. The number of allylic oxidation sites excluding steroid dienone is 1. The van der Waals surface area contributed by atoms with Crippen molar-refractivity contribution in [2.45, 2.75) is 55.1 Å². The van der Waals surface area contributed by atoms with E-state index >= 15 is 0 Å². The van der Waals surface area contributed by atoms with Crippen LogP contribution in [0.25, 0.3) is 0 Å². The highest BCUT2D eigenvalue weighted by molar-refractivity contribution is 5.20. The minimum Gasteiger partial charge on any atom is -0.472 e. The largest absolute Gasteiger partial charge is 0.472 e. The number of epoxide rings is 1. The molecule has 0 amide bonds. The highest BCUT2D eigenvalue weighted by Crippen LogP contribution is 2.59. The summed E-state index contributed by atoms with van der Waals surface area (Å²) < 4.78 is 22.2. The molecule has 3 heterocycles. The predicted octanol–water partition coefficient (Wildman–Crippen LogP) is -2.56. The maximum absolute atomic E-state index is 10.1. The lowest BCUT2D eigenvalue weighted by Gasteiger charge is -2.42. The van der Waals surface area contributed by atoms with Gasteiger partial charge in [-0.25, -0.2) is 0 Å². The van der Waals surface area contributed by atoms with E-state index in [1.54, 1.807) is 0 Å². The lowest BCUT2D eigenvalue weighted by molar-refractivity contribution is -0.343. The van der Waals surface area contributed by atoms with Crippen LogP contribution in [0.1, 0.15) is 6.42 Å². The van der Waals surface area contributed by atoms with Gasteiger partial charge in [0.05, 0.1) is 31.5 Å². The number of ether oxygens (including phenoxy) is 4. The van der Waals surface area contributed by atoms with E-state index < -0.39 is 49.2 Å². The first-order valence-electron chi connectivity index (χ1n) is 8.08. The molecule has 3 fully saturated rings. The van der Waals surface area contributed by atoms with Crippen molar-refractivity contribution in [3.05, 3.63) is 12.3 Å². The van der Waals surface area contributed by atoms with Crippen molar-refractivity contribution in [3.8, 4) is 0 Å². The fourth-order valence-electron chi connectivity index (χ4n) is 4.14. The molecule has 0 radical (unpaired) electrons. The SMILES string of the molecule is OC[C@H]1O[C@@H](O[C@@H]2OC=C[C@H]3C[C@@H]4O[C@]4(CO)[C@@H]23)[C@H](O)[C@@H](O)[C@@H]1O. The zero-order chi connectivity index (χ0) is 17.1. The Labute approximate surface area is 138 Å². The third kappa shape index (κ3) is 2.31. The van der Waals surface area contributed by atoms with E-state index in [-0.39, 0.29) is 24.5 Å². The molecule has 1 saturated carbocycles. The maximum atomic E-state index is 10.1. The van der Waals surface area contributed by atoms with Crippen molar-refractivity contribution in [1.29, 1.82) is 0 Å². The Morgan fingerprint density at radius 1 is 1.08 bits per heavy atom. The van der Waals surface area contributed by atoms with Gasteiger partial charge in [-0.05, 0) is 18.4 Å². The highest BCUT2D eigenvalue weighted by Gasteiger charge is 2.71. The molecule has 9 heteroatoms. The molecule has 0 spiro atoms. The Bertz CT molecular complexity index is 507. The van der Waals surface area contributed by atoms with E-state index in [0.717, 1.165) is 6.42 Å². The lowest BCUT2D eigenvalue weighted by Crippen LogP contribution is -2.60. The van der Waals surface area contributed by atoms with Crippen LogP contribution in [0.3, 0.4) is 0 Å². The smallest absolute Gasteiger partial charge is 0.208 e. The fraction of sp³-hybridized carbons (Fsp3) is 0.867.